The number of benzene rings is 1. The fourth-order valence-corrected chi connectivity index (χ4v) is 2.72. The van der Waals surface area contributed by atoms with E-state index in [0.29, 0.717) is 59.3 Å². The molecule has 0 saturated carbocycles. The van der Waals surface area contributed by atoms with E-state index in [9.17, 15) is 4.79 Å². The van der Waals surface area contributed by atoms with E-state index in [1.54, 1.807) is 4.42 Å². The Morgan fingerprint density at radius 2 is 1.87 bits per heavy atom. The Labute approximate surface area is 182 Å². The monoisotopic (exact) mass is 442 g/mol. The number of likely N-dealkylation sites (N-methyl/N-ethyl adjacent to an activating group) is 1. The average Bonchev–Trinajstić information content (AvgIpc) is 2.71. The van der Waals surface area contributed by atoms with E-state index >= 15 is 0 Å². The first kappa shape index (κ1) is 26.0. The van der Waals surface area contributed by atoms with Gasteiger partial charge in [0, 0.05) is 37.3 Å². The van der Waals surface area contributed by atoms with Crippen molar-refractivity contribution < 1.29 is 19.0 Å². The van der Waals surface area contributed by atoms with Crippen molar-refractivity contribution in [1.82, 2.24) is 9.74 Å². The fraction of sp³-hybridized carbons (Fsp3) is 0.632. The van der Waals surface area contributed by atoms with Gasteiger partial charge in [-0.2, -0.15) is 0 Å². The van der Waals surface area contributed by atoms with Gasteiger partial charge in [-0.1, -0.05) is 24.2 Å². The molecule has 0 spiro atoms. The number of anilines is 1. The Kier molecular flexibility index (Phi) is 14.5. The molecule has 0 heterocycles. The molecule has 2 amide bonds. The molecule has 168 valence electrons. The molecular weight excluding hydrogens is 412 g/mol. The molecule has 1 unspecified atom stereocenters. The maximum atomic E-state index is 12.0. The number of urea groups is 1. The van der Waals surface area contributed by atoms with Crippen molar-refractivity contribution in [2.24, 2.45) is 5.11 Å². The number of hydrogen-bond acceptors (Lipinski definition) is 6. The molecule has 11 heteroatoms. The minimum Gasteiger partial charge on any atom is -0.379 e. The van der Waals surface area contributed by atoms with Crippen molar-refractivity contribution in [2.75, 3.05) is 71.6 Å². The van der Waals surface area contributed by atoms with Gasteiger partial charge in [-0.05, 0) is 40.9 Å². The van der Waals surface area contributed by atoms with Crippen LogP contribution < -0.4 is 10.6 Å². The lowest BCUT2D eigenvalue weighted by Crippen LogP contribution is -2.31. The van der Waals surface area contributed by atoms with Gasteiger partial charge in [0.05, 0.1) is 39.6 Å². The Bertz CT molecular complexity index is 658. The molecule has 1 rings (SSSR count). The first-order chi connectivity index (χ1) is 14.5. The highest BCUT2D eigenvalue weighted by Crippen LogP contribution is 2.20. The Morgan fingerprint density at radius 1 is 1.20 bits per heavy atom. The van der Waals surface area contributed by atoms with Crippen LogP contribution in [0.1, 0.15) is 18.4 Å². The topological polar surface area (TPSA) is 121 Å². The molecule has 0 bridgehead atoms. The molecule has 1 aromatic carbocycles. The van der Waals surface area contributed by atoms with Crippen LogP contribution in [0.5, 0.6) is 0 Å². The van der Waals surface area contributed by atoms with Gasteiger partial charge < -0.3 is 24.8 Å². The van der Waals surface area contributed by atoms with Crippen molar-refractivity contribution in [2.45, 2.75) is 12.8 Å². The predicted octanol–water partition coefficient (Wildman–Crippen LogP) is 3.36. The van der Waals surface area contributed by atoms with E-state index in [-0.39, 0.29) is 11.9 Å². The predicted molar refractivity (Wildman–Crippen MR) is 117 cm³/mol. The lowest BCUT2D eigenvalue weighted by molar-refractivity contribution is 0.0169. The van der Waals surface area contributed by atoms with Crippen LogP contribution in [-0.4, -0.2) is 76.8 Å². The molecule has 10 nitrogen and oxygen atoms in total. The lowest BCUT2D eigenvalue weighted by atomic mass is 10.0. The van der Waals surface area contributed by atoms with Gasteiger partial charge in [0.1, 0.15) is 0 Å². The minimum atomic E-state index is -0.285. The number of halogens is 1. The number of nitrogens with zero attached hydrogens (tertiary/aromatic N) is 4. The largest absolute Gasteiger partial charge is 0.379 e. The minimum absolute atomic E-state index is 0.247. The summed E-state index contributed by atoms with van der Waals surface area (Å²) in [5.74, 6) is 0.247. The number of amides is 2. The Hall–Kier alpha value is -2.07. The zero-order chi connectivity index (χ0) is 22.0. The maximum absolute atomic E-state index is 12.0. The van der Waals surface area contributed by atoms with E-state index in [4.69, 9.17) is 31.5 Å². The number of rotatable bonds is 16. The van der Waals surface area contributed by atoms with Gasteiger partial charge in [-0.3, -0.25) is 0 Å². The van der Waals surface area contributed by atoms with Crippen molar-refractivity contribution in [3.8, 4) is 0 Å². The van der Waals surface area contributed by atoms with Gasteiger partial charge in [-0.15, -0.1) is 0 Å². The first-order valence-corrected chi connectivity index (χ1v) is 10.1. The first-order valence-electron chi connectivity index (χ1n) is 9.78. The van der Waals surface area contributed by atoms with Crippen molar-refractivity contribution in [3.63, 3.8) is 0 Å². The highest BCUT2D eigenvalue weighted by molar-refractivity contribution is 6.13. The highest BCUT2D eigenvalue weighted by Gasteiger charge is 2.09. The van der Waals surface area contributed by atoms with Gasteiger partial charge in [0.15, 0.2) is 0 Å². The van der Waals surface area contributed by atoms with E-state index in [2.05, 4.69) is 27.6 Å². The molecule has 1 aromatic rings. The van der Waals surface area contributed by atoms with Crippen LogP contribution in [0.25, 0.3) is 10.4 Å². The summed E-state index contributed by atoms with van der Waals surface area (Å²) in [5, 5.41) is 8.92. The zero-order valence-electron chi connectivity index (χ0n) is 17.6. The van der Waals surface area contributed by atoms with Crippen LogP contribution in [0.2, 0.25) is 0 Å². The van der Waals surface area contributed by atoms with Gasteiger partial charge in [-0.25, -0.2) is 9.21 Å². The fourth-order valence-electron chi connectivity index (χ4n) is 2.51. The molecular formula is C19H31ClN6O4. The molecule has 0 fully saturated rings. The summed E-state index contributed by atoms with van der Waals surface area (Å²) in [6.45, 7) is 6.01. The highest BCUT2D eigenvalue weighted by atomic mass is 35.5. The summed E-state index contributed by atoms with van der Waals surface area (Å²) < 4.78 is 17.6. The molecule has 0 aromatic heterocycles. The standard InChI is InChI=1S/C19H31ClN6O4/c1-16(15-26(2)20)17-4-3-5-18(14-17)24-19(27)22-6-8-28-10-12-30-13-11-29-9-7-23-25-21/h3-5,14,16H,6-13,15H2,1-2H3,(H2,22,24,27). The van der Waals surface area contributed by atoms with Crippen LogP contribution >= 0.6 is 11.8 Å². The molecule has 0 aliphatic rings. The summed E-state index contributed by atoms with van der Waals surface area (Å²) in [6.07, 6.45) is 0. The SMILES string of the molecule is CC(CN(C)Cl)c1cccc(NC(=O)NCCOCCOCCOCCN=[N+]=[N-])c1. The van der Waals surface area contributed by atoms with E-state index in [1.165, 1.54) is 0 Å². The third-order valence-corrected chi connectivity index (χ3v) is 4.05. The van der Waals surface area contributed by atoms with Crippen LogP contribution in [0.15, 0.2) is 29.4 Å². The van der Waals surface area contributed by atoms with Crippen molar-refractivity contribution in [1.29, 1.82) is 0 Å². The number of azide groups is 1. The van der Waals surface area contributed by atoms with Crippen LogP contribution in [0, 0.1) is 0 Å². The third-order valence-electron chi connectivity index (χ3n) is 3.91. The molecule has 2 N–H and O–H groups in total. The number of carbonyl (C=O) groups excluding carboxylic acids is 1. The molecule has 0 aliphatic carbocycles. The molecule has 0 saturated heterocycles. The second-order valence-electron chi connectivity index (χ2n) is 6.49. The molecule has 30 heavy (non-hydrogen) atoms. The van der Waals surface area contributed by atoms with E-state index < -0.39 is 0 Å². The van der Waals surface area contributed by atoms with Gasteiger partial charge in [0.25, 0.3) is 0 Å². The van der Waals surface area contributed by atoms with Gasteiger partial charge >= 0.3 is 6.03 Å². The molecule has 0 radical (unpaired) electrons. The third kappa shape index (κ3) is 13.2. The summed E-state index contributed by atoms with van der Waals surface area (Å²) in [5.41, 5.74) is 9.94. The molecule has 1 atom stereocenters. The smallest absolute Gasteiger partial charge is 0.319 e. The molecule has 0 aliphatic heterocycles. The number of hydrogen-bond donors (Lipinski definition) is 2. The average molecular weight is 443 g/mol. The second kappa shape index (κ2) is 16.7. The lowest BCUT2D eigenvalue weighted by Gasteiger charge is -2.16. The van der Waals surface area contributed by atoms with Gasteiger partial charge in [0.2, 0.25) is 0 Å². The maximum Gasteiger partial charge on any atom is 0.319 e. The van der Waals surface area contributed by atoms with Crippen molar-refractivity contribution in [3.05, 3.63) is 40.3 Å². The van der Waals surface area contributed by atoms with Crippen LogP contribution in [0.3, 0.4) is 0 Å². The Balaban J connectivity index is 2.07. The second-order valence-corrected chi connectivity index (χ2v) is 7.06. The summed E-state index contributed by atoms with van der Waals surface area (Å²) >= 11 is 5.91. The number of ether oxygens (including phenoxy) is 3. The van der Waals surface area contributed by atoms with E-state index in [0.717, 1.165) is 11.3 Å². The zero-order valence-corrected chi connectivity index (χ0v) is 18.3. The van der Waals surface area contributed by atoms with Crippen LogP contribution in [0.4, 0.5) is 10.5 Å². The quantitative estimate of drug-likeness (QED) is 0.134. The summed E-state index contributed by atoms with van der Waals surface area (Å²) in [4.78, 5) is 14.6. The van der Waals surface area contributed by atoms with E-state index in [1.807, 2.05) is 31.3 Å². The number of carbonyl (C=O) groups is 1. The van der Waals surface area contributed by atoms with Crippen molar-refractivity contribution >= 4 is 23.5 Å². The normalized spacial score (nSPS) is 11.7. The summed E-state index contributed by atoms with van der Waals surface area (Å²) in [6, 6.07) is 7.42. The Morgan fingerprint density at radius 3 is 2.53 bits per heavy atom. The number of nitrogens with one attached hydrogen (secondary N) is 2. The summed E-state index contributed by atoms with van der Waals surface area (Å²) in [7, 11) is 1.81. The van der Waals surface area contributed by atoms with Crippen LogP contribution in [-0.2, 0) is 14.2 Å².